The van der Waals surface area contributed by atoms with Crippen molar-refractivity contribution in [1.82, 2.24) is 0 Å². The van der Waals surface area contributed by atoms with Gasteiger partial charge in [-0.1, -0.05) is 62.3 Å². The highest BCUT2D eigenvalue weighted by Crippen LogP contribution is 2.77. The first-order chi connectivity index (χ1) is 12.6. The maximum atomic E-state index is 5.86. The normalized spacial score (nSPS) is 13.8. The Hall–Kier alpha value is 0.350. The van der Waals surface area contributed by atoms with E-state index in [1.54, 1.807) is 7.11 Å². The van der Waals surface area contributed by atoms with Crippen LogP contribution in [-0.2, 0) is 9.47 Å². The lowest BCUT2D eigenvalue weighted by Crippen LogP contribution is -2.49. The van der Waals surface area contributed by atoms with Crippen molar-refractivity contribution >= 4 is 7.26 Å². The SMILES string of the molecule is CCC(C)(C)C(CC)(CC)[P+](CCCOCCOC)(CC(C)C)CC(C)C. The molecule has 0 aliphatic rings. The van der Waals surface area contributed by atoms with Crippen LogP contribution in [0.5, 0.6) is 0 Å². The topological polar surface area (TPSA) is 18.5 Å². The van der Waals surface area contributed by atoms with Gasteiger partial charge in [0.25, 0.3) is 0 Å². The number of hydrogen-bond donors (Lipinski definition) is 0. The summed E-state index contributed by atoms with van der Waals surface area (Å²) in [5, 5.41) is 0.482. The van der Waals surface area contributed by atoms with Crippen molar-refractivity contribution in [3.05, 3.63) is 0 Å². The molecule has 0 aliphatic heterocycles. The Bertz CT molecular complexity index is 363. The summed E-state index contributed by atoms with van der Waals surface area (Å²) in [4.78, 5) is 0. The van der Waals surface area contributed by atoms with Gasteiger partial charge in [0.1, 0.15) is 0 Å². The predicted molar refractivity (Wildman–Crippen MR) is 126 cm³/mol. The molecule has 0 radical (unpaired) electrons. The van der Waals surface area contributed by atoms with Gasteiger partial charge < -0.3 is 9.47 Å². The van der Waals surface area contributed by atoms with Crippen LogP contribution >= 0.6 is 7.26 Å². The Labute approximate surface area is 172 Å². The van der Waals surface area contributed by atoms with Gasteiger partial charge in [0, 0.05) is 26.2 Å². The third-order valence-corrected chi connectivity index (χ3v) is 14.0. The minimum atomic E-state index is -1.15. The summed E-state index contributed by atoms with van der Waals surface area (Å²) in [6.07, 6.45) is 9.39. The number of rotatable bonds is 16. The van der Waals surface area contributed by atoms with Gasteiger partial charge in [-0.05, 0) is 31.1 Å². The molecule has 0 spiro atoms. The highest BCUT2D eigenvalue weighted by Gasteiger charge is 2.61. The first kappa shape index (κ1) is 27.4. The smallest absolute Gasteiger partial charge is 0.0844 e. The molecule has 0 rings (SSSR count). The number of ether oxygens (including phenoxy) is 2. The van der Waals surface area contributed by atoms with E-state index in [0.717, 1.165) is 25.0 Å². The molecule has 0 unspecified atom stereocenters. The van der Waals surface area contributed by atoms with E-state index >= 15 is 0 Å². The van der Waals surface area contributed by atoms with Crippen molar-refractivity contribution in [2.45, 2.75) is 93.2 Å². The van der Waals surface area contributed by atoms with Crippen LogP contribution in [0.15, 0.2) is 0 Å². The van der Waals surface area contributed by atoms with E-state index in [2.05, 4.69) is 62.3 Å². The van der Waals surface area contributed by atoms with Crippen molar-refractivity contribution in [2.24, 2.45) is 17.3 Å². The van der Waals surface area contributed by atoms with Crippen LogP contribution < -0.4 is 0 Å². The molecule has 0 saturated heterocycles. The molecule has 2 nitrogen and oxygen atoms in total. The molecule has 3 heteroatoms. The third-order valence-electron chi connectivity index (χ3n) is 6.96. The summed E-state index contributed by atoms with van der Waals surface area (Å²) in [5.41, 5.74) is 0.394. The second-order valence-electron chi connectivity index (χ2n) is 9.96. The number of methoxy groups -OCH3 is 1. The van der Waals surface area contributed by atoms with Gasteiger partial charge in [-0.3, -0.25) is 0 Å². The zero-order valence-corrected chi connectivity index (χ0v) is 21.4. The molecule has 0 atom stereocenters. The van der Waals surface area contributed by atoms with Crippen LogP contribution in [0.2, 0.25) is 0 Å². The highest BCUT2D eigenvalue weighted by molar-refractivity contribution is 7.77. The lowest BCUT2D eigenvalue weighted by atomic mass is 9.73. The van der Waals surface area contributed by atoms with Crippen molar-refractivity contribution in [2.75, 3.05) is 45.4 Å². The fourth-order valence-electron chi connectivity index (χ4n) is 5.78. The molecule has 164 valence electrons. The predicted octanol–water partition coefficient (Wildman–Crippen LogP) is 7.36. The summed E-state index contributed by atoms with van der Waals surface area (Å²) < 4.78 is 11.0. The second-order valence-corrected chi connectivity index (χ2v) is 14.3. The third kappa shape index (κ3) is 7.27. The van der Waals surface area contributed by atoms with Gasteiger partial charge in [-0.25, -0.2) is 0 Å². The van der Waals surface area contributed by atoms with E-state index in [4.69, 9.17) is 9.47 Å². The molecule has 0 amide bonds. The van der Waals surface area contributed by atoms with Crippen LogP contribution in [0.25, 0.3) is 0 Å². The van der Waals surface area contributed by atoms with Crippen molar-refractivity contribution in [3.8, 4) is 0 Å². The molecule has 0 aromatic carbocycles. The van der Waals surface area contributed by atoms with Gasteiger partial charge in [0.05, 0.1) is 43.5 Å². The largest absolute Gasteiger partial charge is 0.382 e. The zero-order chi connectivity index (χ0) is 21.1. The first-order valence-electron chi connectivity index (χ1n) is 11.5. The minimum absolute atomic E-state index is 0.394. The lowest BCUT2D eigenvalue weighted by Gasteiger charge is -2.54. The van der Waals surface area contributed by atoms with Gasteiger partial charge in [0.15, 0.2) is 0 Å². The average Bonchev–Trinajstić information content (AvgIpc) is 2.58. The molecule has 0 saturated carbocycles. The summed E-state index contributed by atoms with van der Waals surface area (Å²) in [6.45, 7) is 24.6. The Morgan fingerprint density at radius 1 is 0.778 bits per heavy atom. The molecular formula is C24H52O2P+. The van der Waals surface area contributed by atoms with E-state index < -0.39 is 7.26 Å². The van der Waals surface area contributed by atoms with Crippen LogP contribution in [0, 0.1) is 17.3 Å². The molecular weight excluding hydrogens is 351 g/mol. The fraction of sp³-hybridized carbons (Fsp3) is 1.00. The number of hydrogen-bond acceptors (Lipinski definition) is 2. The molecule has 0 bridgehead atoms. The van der Waals surface area contributed by atoms with E-state index in [-0.39, 0.29) is 0 Å². The molecule has 27 heavy (non-hydrogen) atoms. The maximum Gasteiger partial charge on any atom is 0.0844 e. The van der Waals surface area contributed by atoms with Gasteiger partial charge >= 0.3 is 0 Å². The standard InChI is InChI=1S/C24H52O2P/c1-11-23(8,9)24(12-2,13-3)27(19-21(4)5,20-22(6)7)18-14-15-26-17-16-25-10/h21-22H,11-20H2,1-10H3/q+1. The van der Waals surface area contributed by atoms with Gasteiger partial charge in [-0.15, -0.1) is 0 Å². The van der Waals surface area contributed by atoms with E-state index in [1.165, 1.54) is 44.2 Å². The van der Waals surface area contributed by atoms with E-state index in [9.17, 15) is 0 Å². The van der Waals surface area contributed by atoms with E-state index in [0.29, 0.717) is 17.2 Å². The zero-order valence-electron chi connectivity index (χ0n) is 20.5. The average molecular weight is 404 g/mol. The summed E-state index contributed by atoms with van der Waals surface area (Å²) in [6, 6.07) is 0. The minimum Gasteiger partial charge on any atom is -0.382 e. The molecule has 0 heterocycles. The Morgan fingerprint density at radius 3 is 1.67 bits per heavy atom. The van der Waals surface area contributed by atoms with Gasteiger partial charge in [0.2, 0.25) is 0 Å². The first-order valence-corrected chi connectivity index (χ1v) is 13.8. The van der Waals surface area contributed by atoms with Crippen LogP contribution in [0.1, 0.15) is 88.0 Å². The second kappa shape index (κ2) is 12.8. The molecule has 0 N–H and O–H groups in total. The molecule has 0 aromatic rings. The Balaban J connectivity index is 5.86. The Kier molecular flexibility index (Phi) is 13.0. The summed E-state index contributed by atoms with van der Waals surface area (Å²) in [5.74, 6) is 1.55. The van der Waals surface area contributed by atoms with Crippen molar-refractivity contribution in [3.63, 3.8) is 0 Å². The van der Waals surface area contributed by atoms with E-state index in [1.807, 2.05) is 0 Å². The van der Waals surface area contributed by atoms with Crippen LogP contribution in [0.4, 0.5) is 0 Å². The van der Waals surface area contributed by atoms with Crippen molar-refractivity contribution < 1.29 is 9.47 Å². The fourth-order valence-corrected chi connectivity index (χ4v) is 13.7. The molecule has 0 aromatic heterocycles. The van der Waals surface area contributed by atoms with Gasteiger partial charge in [-0.2, -0.15) is 0 Å². The van der Waals surface area contributed by atoms with Crippen molar-refractivity contribution in [1.29, 1.82) is 0 Å². The lowest BCUT2D eigenvalue weighted by molar-refractivity contribution is 0.0711. The summed E-state index contributed by atoms with van der Waals surface area (Å²) >= 11 is 0. The highest BCUT2D eigenvalue weighted by atomic mass is 31.2. The molecule has 0 aliphatic carbocycles. The van der Waals surface area contributed by atoms with Crippen LogP contribution in [0.3, 0.4) is 0 Å². The monoisotopic (exact) mass is 403 g/mol. The quantitative estimate of drug-likeness (QED) is 0.198. The van der Waals surface area contributed by atoms with Crippen LogP contribution in [-0.4, -0.2) is 50.6 Å². The maximum absolute atomic E-state index is 5.86. The summed E-state index contributed by atoms with van der Waals surface area (Å²) in [7, 11) is 0.590. The Morgan fingerprint density at radius 2 is 1.30 bits per heavy atom. The molecule has 0 fully saturated rings.